The number of aromatic nitrogens is 1. The summed E-state index contributed by atoms with van der Waals surface area (Å²) in [7, 11) is 0. The topological polar surface area (TPSA) is 63.3 Å². The number of hydrogen-bond donors (Lipinski definition) is 1. The van der Waals surface area contributed by atoms with E-state index < -0.39 is 11.9 Å². The molecule has 4 nitrogen and oxygen atoms in total. The van der Waals surface area contributed by atoms with Crippen LogP contribution < -0.4 is 0 Å². The minimum atomic E-state index is -0.895. The van der Waals surface area contributed by atoms with Gasteiger partial charge in [0, 0.05) is 5.39 Å². The number of nitrogens with zero attached hydrogens (tertiary/aromatic N) is 1. The number of carbonyl (C=O) groups is 1. The molecule has 0 bridgehead atoms. The first-order valence-electron chi connectivity index (χ1n) is 6.37. The molecule has 0 amide bonds. The van der Waals surface area contributed by atoms with Crippen LogP contribution in [0.4, 0.5) is 0 Å². The maximum absolute atomic E-state index is 11.6. The second-order valence-electron chi connectivity index (χ2n) is 4.64. The van der Waals surface area contributed by atoms with Crippen LogP contribution in [0.3, 0.4) is 0 Å². The maximum atomic E-state index is 11.6. The van der Waals surface area contributed by atoms with Gasteiger partial charge < -0.3 is 9.63 Å². The SMILES string of the molecule is O=C(O)C(Cc1ccccc1)c1noc2ccccc12. The zero-order chi connectivity index (χ0) is 13.9. The van der Waals surface area contributed by atoms with Crippen LogP contribution in [0.15, 0.2) is 59.1 Å². The highest BCUT2D eigenvalue weighted by atomic mass is 16.5. The molecule has 100 valence electrons. The van der Waals surface area contributed by atoms with Crippen LogP contribution in [0, 0.1) is 0 Å². The van der Waals surface area contributed by atoms with Crippen molar-refractivity contribution in [3.63, 3.8) is 0 Å². The highest BCUT2D eigenvalue weighted by molar-refractivity contribution is 5.86. The van der Waals surface area contributed by atoms with Gasteiger partial charge in [-0.05, 0) is 24.1 Å². The highest BCUT2D eigenvalue weighted by Gasteiger charge is 2.26. The lowest BCUT2D eigenvalue weighted by Gasteiger charge is -2.09. The minimum Gasteiger partial charge on any atom is -0.481 e. The smallest absolute Gasteiger partial charge is 0.313 e. The van der Waals surface area contributed by atoms with Gasteiger partial charge >= 0.3 is 5.97 Å². The van der Waals surface area contributed by atoms with Crippen molar-refractivity contribution < 1.29 is 14.4 Å². The summed E-state index contributed by atoms with van der Waals surface area (Å²) in [6.45, 7) is 0. The van der Waals surface area contributed by atoms with Gasteiger partial charge in [0.1, 0.15) is 11.6 Å². The molecule has 0 saturated heterocycles. The largest absolute Gasteiger partial charge is 0.481 e. The molecule has 20 heavy (non-hydrogen) atoms. The van der Waals surface area contributed by atoms with E-state index in [9.17, 15) is 9.90 Å². The Balaban J connectivity index is 2.01. The van der Waals surface area contributed by atoms with Crippen LogP contribution in [0.1, 0.15) is 17.2 Å². The average molecular weight is 267 g/mol. The van der Waals surface area contributed by atoms with Crippen LogP contribution in [0.5, 0.6) is 0 Å². The first kappa shape index (κ1) is 12.4. The van der Waals surface area contributed by atoms with Crippen molar-refractivity contribution in [2.75, 3.05) is 0 Å². The Morgan fingerprint density at radius 3 is 2.55 bits per heavy atom. The molecule has 1 aromatic heterocycles. The number of benzene rings is 2. The molecule has 2 aromatic carbocycles. The molecule has 0 fully saturated rings. The van der Waals surface area contributed by atoms with Crippen LogP contribution in [0.25, 0.3) is 11.0 Å². The summed E-state index contributed by atoms with van der Waals surface area (Å²) in [5.74, 6) is -1.60. The number of rotatable bonds is 4. The summed E-state index contributed by atoms with van der Waals surface area (Å²) in [5.41, 5.74) is 2.06. The number of aliphatic carboxylic acids is 1. The fourth-order valence-electron chi connectivity index (χ4n) is 2.31. The Labute approximate surface area is 115 Å². The standard InChI is InChI=1S/C16H13NO3/c18-16(19)13(10-11-6-2-1-3-7-11)15-12-8-4-5-9-14(12)20-17-15/h1-9,13H,10H2,(H,18,19). The van der Waals surface area contributed by atoms with Crippen molar-refractivity contribution in [2.45, 2.75) is 12.3 Å². The number of fused-ring (bicyclic) bond motifs is 1. The molecule has 1 atom stereocenters. The molecule has 0 saturated carbocycles. The molecular formula is C16H13NO3. The fraction of sp³-hybridized carbons (Fsp3) is 0.125. The lowest BCUT2D eigenvalue weighted by atomic mass is 9.94. The first-order chi connectivity index (χ1) is 9.75. The van der Waals surface area contributed by atoms with Crippen LogP contribution >= 0.6 is 0 Å². The van der Waals surface area contributed by atoms with E-state index in [2.05, 4.69) is 5.16 Å². The van der Waals surface area contributed by atoms with E-state index in [1.54, 1.807) is 6.07 Å². The van der Waals surface area contributed by atoms with Gasteiger partial charge in [-0.15, -0.1) is 0 Å². The molecule has 0 radical (unpaired) electrons. The maximum Gasteiger partial charge on any atom is 0.313 e. The Morgan fingerprint density at radius 1 is 1.10 bits per heavy atom. The molecule has 1 heterocycles. The van der Waals surface area contributed by atoms with E-state index >= 15 is 0 Å². The van der Waals surface area contributed by atoms with Gasteiger partial charge in [-0.2, -0.15) is 0 Å². The van der Waals surface area contributed by atoms with Gasteiger partial charge in [0.15, 0.2) is 5.58 Å². The van der Waals surface area contributed by atoms with Crippen LogP contribution in [-0.2, 0) is 11.2 Å². The molecular weight excluding hydrogens is 254 g/mol. The fourth-order valence-corrected chi connectivity index (χ4v) is 2.31. The molecule has 0 aliphatic carbocycles. The molecule has 1 N–H and O–H groups in total. The van der Waals surface area contributed by atoms with Gasteiger partial charge in [0.25, 0.3) is 0 Å². The summed E-state index contributed by atoms with van der Waals surface area (Å²) in [6.07, 6.45) is 0.396. The zero-order valence-electron chi connectivity index (χ0n) is 10.7. The first-order valence-corrected chi connectivity index (χ1v) is 6.37. The number of para-hydroxylation sites is 1. The van der Waals surface area contributed by atoms with E-state index in [0.717, 1.165) is 10.9 Å². The minimum absolute atomic E-state index is 0.396. The van der Waals surface area contributed by atoms with Gasteiger partial charge in [-0.1, -0.05) is 47.6 Å². The van der Waals surface area contributed by atoms with E-state index in [0.29, 0.717) is 17.7 Å². The Morgan fingerprint density at radius 2 is 1.80 bits per heavy atom. The van der Waals surface area contributed by atoms with Crippen molar-refractivity contribution in [3.8, 4) is 0 Å². The summed E-state index contributed by atoms with van der Waals surface area (Å²) in [5, 5.41) is 14.2. The van der Waals surface area contributed by atoms with Crippen molar-refractivity contribution in [1.82, 2.24) is 5.16 Å². The summed E-state index contributed by atoms with van der Waals surface area (Å²) in [4.78, 5) is 11.6. The summed E-state index contributed by atoms with van der Waals surface area (Å²) in [6, 6.07) is 16.8. The Kier molecular flexibility index (Phi) is 3.21. The van der Waals surface area contributed by atoms with Gasteiger partial charge in [0.2, 0.25) is 0 Å². The van der Waals surface area contributed by atoms with Crippen molar-refractivity contribution in [3.05, 3.63) is 65.9 Å². The Hall–Kier alpha value is -2.62. The zero-order valence-corrected chi connectivity index (χ0v) is 10.7. The summed E-state index contributed by atoms with van der Waals surface area (Å²) >= 11 is 0. The predicted octanol–water partition coefficient (Wildman–Crippen LogP) is 3.24. The second kappa shape index (κ2) is 5.17. The number of hydrogen-bond acceptors (Lipinski definition) is 3. The second-order valence-corrected chi connectivity index (χ2v) is 4.64. The molecule has 1 unspecified atom stereocenters. The summed E-state index contributed by atoms with van der Waals surface area (Å²) < 4.78 is 5.20. The Bertz CT molecular complexity index is 734. The van der Waals surface area contributed by atoms with E-state index in [-0.39, 0.29) is 0 Å². The molecule has 4 heteroatoms. The third-order valence-corrected chi connectivity index (χ3v) is 3.32. The van der Waals surface area contributed by atoms with Crippen LogP contribution in [-0.4, -0.2) is 16.2 Å². The third-order valence-electron chi connectivity index (χ3n) is 3.32. The molecule has 0 spiro atoms. The van der Waals surface area contributed by atoms with Gasteiger partial charge in [-0.25, -0.2) is 0 Å². The quantitative estimate of drug-likeness (QED) is 0.788. The predicted molar refractivity (Wildman–Crippen MR) is 74.5 cm³/mol. The van der Waals surface area contributed by atoms with E-state index in [1.807, 2.05) is 48.5 Å². The van der Waals surface area contributed by atoms with Gasteiger partial charge in [0.05, 0.1) is 0 Å². The normalized spacial score (nSPS) is 12.4. The molecule has 0 aliphatic heterocycles. The highest BCUT2D eigenvalue weighted by Crippen LogP contribution is 2.27. The van der Waals surface area contributed by atoms with E-state index in [1.165, 1.54) is 0 Å². The number of carboxylic acids is 1. The lowest BCUT2D eigenvalue weighted by Crippen LogP contribution is -2.15. The van der Waals surface area contributed by atoms with E-state index in [4.69, 9.17) is 4.52 Å². The van der Waals surface area contributed by atoms with Gasteiger partial charge in [-0.3, -0.25) is 4.79 Å². The molecule has 0 aliphatic rings. The third kappa shape index (κ3) is 2.28. The van der Waals surface area contributed by atoms with Crippen molar-refractivity contribution in [2.24, 2.45) is 0 Å². The van der Waals surface area contributed by atoms with Crippen molar-refractivity contribution >= 4 is 16.9 Å². The number of carboxylic acid groups (broad SMARTS) is 1. The van der Waals surface area contributed by atoms with Crippen LogP contribution in [0.2, 0.25) is 0 Å². The molecule has 3 rings (SSSR count). The average Bonchev–Trinajstić information content (AvgIpc) is 2.89. The van der Waals surface area contributed by atoms with Crippen molar-refractivity contribution in [1.29, 1.82) is 0 Å². The molecule has 3 aromatic rings. The lowest BCUT2D eigenvalue weighted by molar-refractivity contribution is -0.138. The monoisotopic (exact) mass is 267 g/mol.